The van der Waals surface area contributed by atoms with Crippen LogP contribution in [0.15, 0.2) is 54.1 Å². The number of amides is 1. The Kier molecular flexibility index (Phi) is 3.48. The Morgan fingerprint density at radius 2 is 2.00 bits per heavy atom. The van der Waals surface area contributed by atoms with E-state index in [-0.39, 0.29) is 23.7 Å². The smallest absolute Gasteiger partial charge is 0.415 e. The van der Waals surface area contributed by atoms with Crippen molar-refractivity contribution in [1.29, 1.82) is 0 Å². The number of nitrogens with zero attached hydrogens (tertiary/aromatic N) is 1. The van der Waals surface area contributed by atoms with E-state index in [1.54, 1.807) is 0 Å². The van der Waals surface area contributed by atoms with Crippen molar-refractivity contribution in [3.8, 4) is 11.5 Å². The van der Waals surface area contributed by atoms with Gasteiger partial charge in [0.1, 0.15) is 17.6 Å². The molecule has 2 aliphatic carbocycles. The lowest BCUT2D eigenvalue weighted by atomic mass is 9.52. The Morgan fingerprint density at radius 1 is 1.17 bits per heavy atom. The highest BCUT2D eigenvalue weighted by atomic mass is 16.6. The minimum atomic E-state index is -0.228. The largest absolute Gasteiger partial charge is 0.485 e. The molecular formula is C25H25NO3. The SMILES string of the molecule is CC1=CCC2[C@@H]3Cc4ccc(C)c5c4[C@]2(CCN3C(=O)Oc2ccccc2)[C@@H]1O5. The van der Waals surface area contributed by atoms with Gasteiger partial charge in [-0.3, -0.25) is 0 Å². The molecule has 2 aromatic carbocycles. The number of hydrogen-bond acceptors (Lipinski definition) is 3. The Balaban J connectivity index is 1.43. The summed E-state index contributed by atoms with van der Waals surface area (Å²) in [5.41, 5.74) is 5.35. The van der Waals surface area contributed by atoms with Crippen molar-refractivity contribution in [3.05, 3.63) is 70.8 Å². The maximum atomic E-state index is 13.1. The second-order valence-electron chi connectivity index (χ2n) is 8.97. The lowest BCUT2D eigenvalue weighted by Crippen LogP contribution is -2.65. The zero-order valence-electron chi connectivity index (χ0n) is 16.9. The summed E-state index contributed by atoms with van der Waals surface area (Å²) in [7, 11) is 0. The van der Waals surface area contributed by atoms with Crippen LogP contribution in [0.4, 0.5) is 4.79 Å². The number of rotatable bonds is 1. The zero-order valence-corrected chi connectivity index (χ0v) is 16.9. The molecule has 0 N–H and O–H groups in total. The standard InChI is InChI=1S/C25H25NO3/c1-15-8-10-17-14-20-19-11-9-16(2)23-25(19,21(17)22(15)29-23)12-13-26(20)24(27)28-18-6-4-3-5-7-18/h3-10,19-20,23H,11-14H2,1-2H3/t19?,20-,23+,25+/m0/s1. The summed E-state index contributed by atoms with van der Waals surface area (Å²) >= 11 is 0. The first-order chi connectivity index (χ1) is 14.1. The Bertz CT molecular complexity index is 1040. The highest BCUT2D eigenvalue weighted by molar-refractivity contribution is 5.72. The van der Waals surface area contributed by atoms with Crippen LogP contribution >= 0.6 is 0 Å². The van der Waals surface area contributed by atoms with Gasteiger partial charge in [0, 0.05) is 23.6 Å². The van der Waals surface area contributed by atoms with Crippen LogP contribution in [0.2, 0.25) is 0 Å². The molecule has 0 radical (unpaired) electrons. The summed E-state index contributed by atoms with van der Waals surface area (Å²) in [4.78, 5) is 15.1. The number of para-hydroxylation sites is 1. The van der Waals surface area contributed by atoms with E-state index in [1.165, 1.54) is 22.3 Å². The van der Waals surface area contributed by atoms with Crippen LogP contribution in [-0.2, 0) is 11.8 Å². The van der Waals surface area contributed by atoms with Crippen molar-refractivity contribution in [2.45, 2.75) is 50.7 Å². The van der Waals surface area contributed by atoms with Crippen LogP contribution < -0.4 is 9.47 Å². The molecule has 0 saturated carbocycles. The van der Waals surface area contributed by atoms with Gasteiger partial charge in [-0.2, -0.15) is 0 Å². The summed E-state index contributed by atoms with van der Waals surface area (Å²) in [6, 6.07) is 14.0. The molecule has 2 aliphatic heterocycles. The number of ether oxygens (including phenoxy) is 2. The quantitative estimate of drug-likeness (QED) is 0.661. The molecule has 4 atom stereocenters. The van der Waals surface area contributed by atoms with Crippen molar-refractivity contribution < 1.29 is 14.3 Å². The van der Waals surface area contributed by atoms with Crippen LogP contribution in [0, 0.1) is 12.8 Å². The first-order valence-electron chi connectivity index (χ1n) is 10.6. The van der Waals surface area contributed by atoms with Crippen LogP contribution in [0.3, 0.4) is 0 Å². The maximum absolute atomic E-state index is 13.1. The number of piperidine rings is 1. The summed E-state index contributed by atoms with van der Waals surface area (Å²) in [5.74, 6) is 2.09. The van der Waals surface area contributed by atoms with Crippen LogP contribution in [0.5, 0.6) is 11.5 Å². The average Bonchev–Trinajstić information content (AvgIpc) is 3.07. The number of allylic oxidation sites excluding steroid dienone is 1. The third kappa shape index (κ3) is 2.17. The molecule has 1 amide bonds. The topological polar surface area (TPSA) is 38.8 Å². The van der Waals surface area contributed by atoms with Crippen molar-refractivity contribution in [3.63, 3.8) is 0 Å². The first-order valence-corrected chi connectivity index (χ1v) is 10.6. The second-order valence-corrected chi connectivity index (χ2v) is 8.97. The fourth-order valence-corrected chi connectivity index (χ4v) is 6.41. The van der Waals surface area contributed by atoms with E-state index in [1.807, 2.05) is 35.2 Å². The van der Waals surface area contributed by atoms with E-state index in [0.717, 1.165) is 25.0 Å². The average molecular weight is 387 g/mol. The Hall–Kier alpha value is -2.75. The molecule has 1 unspecified atom stereocenters. The molecule has 2 heterocycles. The number of aryl methyl sites for hydroxylation is 1. The molecule has 4 nitrogen and oxygen atoms in total. The van der Waals surface area contributed by atoms with Gasteiger partial charge in [-0.1, -0.05) is 36.4 Å². The fraction of sp³-hybridized carbons (Fsp3) is 0.400. The van der Waals surface area contributed by atoms with E-state index >= 15 is 0 Å². The van der Waals surface area contributed by atoms with Crippen molar-refractivity contribution in [2.24, 2.45) is 5.92 Å². The predicted octanol–water partition coefficient (Wildman–Crippen LogP) is 4.79. The van der Waals surface area contributed by atoms with Gasteiger partial charge < -0.3 is 14.4 Å². The molecule has 6 rings (SSSR count). The molecule has 0 aromatic heterocycles. The molecule has 1 spiro atoms. The molecule has 1 saturated heterocycles. The lowest BCUT2D eigenvalue weighted by molar-refractivity contribution is -0.0101. The Labute approximate surface area is 171 Å². The van der Waals surface area contributed by atoms with Gasteiger partial charge in [-0.15, -0.1) is 0 Å². The monoisotopic (exact) mass is 387 g/mol. The predicted molar refractivity (Wildman–Crippen MR) is 110 cm³/mol. The number of likely N-dealkylation sites (tertiary alicyclic amines) is 1. The van der Waals surface area contributed by atoms with Crippen LogP contribution in [0.25, 0.3) is 0 Å². The van der Waals surface area contributed by atoms with Gasteiger partial charge in [-0.05, 0) is 67.9 Å². The van der Waals surface area contributed by atoms with Crippen LogP contribution in [-0.4, -0.2) is 29.7 Å². The van der Waals surface area contributed by atoms with Gasteiger partial charge >= 0.3 is 6.09 Å². The molecule has 2 bridgehead atoms. The lowest BCUT2D eigenvalue weighted by Gasteiger charge is -2.57. The van der Waals surface area contributed by atoms with Crippen LogP contribution in [0.1, 0.15) is 36.5 Å². The third-order valence-corrected chi connectivity index (χ3v) is 7.62. The zero-order chi connectivity index (χ0) is 19.8. The van der Waals surface area contributed by atoms with Gasteiger partial charge in [0.25, 0.3) is 0 Å². The van der Waals surface area contributed by atoms with Crippen molar-refractivity contribution in [2.75, 3.05) is 6.54 Å². The minimum Gasteiger partial charge on any atom is -0.485 e. The molecule has 4 aliphatic rings. The summed E-state index contributed by atoms with van der Waals surface area (Å²) in [6.07, 6.45) is 5.01. The second kappa shape index (κ2) is 5.88. The molecular weight excluding hydrogens is 362 g/mol. The highest BCUT2D eigenvalue weighted by Gasteiger charge is 2.64. The molecule has 1 fully saturated rings. The van der Waals surface area contributed by atoms with Gasteiger partial charge in [0.05, 0.1) is 0 Å². The van der Waals surface area contributed by atoms with E-state index in [0.29, 0.717) is 18.2 Å². The molecule has 148 valence electrons. The van der Waals surface area contributed by atoms with E-state index in [9.17, 15) is 4.79 Å². The van der Waals surface area contributed by atoms with Crippen molar-refractivity contribution >= 4 is 6.09 Å². The number of carbonyl (C=O) groups excluding carboxylic acids is 1. The van der Waals surface area contributed by atoms with Gasteiger partial charge in [0.2, 0.25) is 0 Å². The maximum Gasteiger partial charge on any atom is 0.415 e. The summed E-state index contributed by atoms with van der Waals surface area (Å²) in [6.45, 7) is 5.07. The van der Waals surface area contributed by atoms with E-state index < -0.39 is 0 Å². The number of carbonyl (C=O) groups is 1. The van der Waals surface area contributed by atoms with Gasteiger partial charge in [-0.25, -0.2) is 4.79 Å². The molecule has 4 heteroatoms. The van der Waals surface area contributed by atoms with E-state index in [4.69, 9.17) is 9.47 Å². The normalized spacial score (nSPS) is 30.9. The first kappa shape index (κ1) is 17.1. The highest BCUT2D eigenvalue weighted by Crippen LogP contribution is 2.62. The molecule has 29 heavy (non-hydrogen) atoms. The number of hydrogen-bond donors (Lipinski definition) is 0. The van der Waals surface area contributed by atoms with E-state index in [2.05, 4.69) is 32.1 Å². The third-order valence-electron chi connectivity index (χ3n) is 7.62. The minimum absolute atomic E-state index is 0.00195. The summed E-state index contributed by atoms with van der Waals surface area (Å²) < 4.78 is 12.3. The Morgan fingerprint density at radius 3 is 2.83 bits per heavy atom. The number of benzene rings is 2. The van der Waals surface area contributed by atoms with Gasteiger partial charge in [0.15, 0.2) is 0 Å². The molecule has 2 aromatic rings. The summed E-state index contributed by atoms with van der Waals surface area (Å²) in [5, 5.41) is 0. The van der Waals surface area contributed by atoms with Crippen molar-refractivity contribution in [1.82, 2.24) is 4.90 Å². The fourth-order valence-electron chi connectivity index (χ4n) is 6.41.